The molecule has 1 heterocycles. The predicted molar refractivity (Wildman–Crippen MR) is 146 cm³/mol. The third-order valence-electron chi connectivity index (χ3n) is 5.59. The second kappa shape index (κ2) is 11.5. The van der Waals surface area contributed by atoms with E-state index in [1.54, 1.807) is 24.3 Å². The molecule has 0 saturated carbocycles. The maximum absolute atomic E-state index is 12.8. The normalized spacial score (nSPS) is 13.9. The number of hydrogen-bond acceptors (Lipinski definition) is 6. The summed E-state index contributed by atoms with van der Waals surface area (Å²) in [6.45, 7) is 3.74. The second-order valence-corrected chi connectivity index (χ2v) is 9.69. The zero-order chi connectivity index (χ0) is 26.7. The van der Waals surface area contributed by atoms with Crippen LogP contribution in [0.4, 0.5) is 11.4 Å². The molecule has 1 aliphatic rings. The van der Waals surface area contributed by atoms with Gasteiger partial charge in [0, 0.05) is 10.7 Å². The van der Waals surface area contributed by atoms with Gasteiger partial charge in [0.1, 0.15) is 17.5 Å². The molecule has 2 amide bonds. The van der Waals surface area contributed by atoms with Crippen LogP contribution in [-0.4, -0.2) is 24.1 Å². The lowest BCUT2D eigenvalue weighted by Crippen LogP contribution is -2.22. The van der Waals surface area contributed by atoms with Crippen molar-refractivity contribution in [2.45, 2.75) is 26.4 Å². The van der Waals surface area contributed by atoms with Crippen molar-refractivity contribution in [3.8, 4) is 5.75 Å². The summed E-state index contributed by atoms with van der Waals surface area (Å²) in [5, 5.41) is 8.96. The number of hydrogen-bond donors (Lipinski definition) is 2. The number of ether oxygens (including phenoxy) is 1. The van der Waals surface area contributed by atoms with E-state index in [1.807, 2.05) is 32.0 Å². The van der Waals surface area contributed by atoms with E-state index in [2.05, 4.69) is 10.4 Å². The zero-order valence-corrected chi connectivity index (χ0v) is 22.2. The van der Waals surface area contributed by atoms with E-state index in [0.29, 0.717) is 27.7 Å². The van der Waals surface area contributed by atoms with Gasteiger partial charge in [-0.1, -0.05) is 64.6 Å². The molecule has 8 nitrogen and oxygen atoms in total. The Morgan fingerprint density at radius 3 is 2.51 bits per heavy atom. The van der Waals surface area contributed by atoms with Gasteiger partial charge in [-0.15, -0.1) is 0 Å². The van der Waals surface area contributed by atoms with Gasteiger partial charge in [-0.05, 0) is 55.3 Å². The number of hydrazone groups is 1. The van der Waals surface area contributed by atoms with E-state index >= 15 is 0 Å². The number of halogens is 3. The highest BCUT2D eigenvalue weighted by Gasteiger charge is 2.33. The molecular weight excluding hydrogens is 539 g/mol. The maximum atomic E-state index is 12.8. The second-order valence-electron chi connectivity index (χ2n) is 8.44. The van der Waals surface area contributed by atoms with Gasteiger partial charge in [-0.3, -0.25) is 14.4 Å². The molecule has 0 aromatic heterocycles. The maximum Gasteiger partial charge on any atom is 0.262 e. The van der Waals surface area contributed by atoms with Crippen LogP contribution >= 0.6 is 34.8 Å². The highest BCUT2D eigenvalue weighted by Crippen LogP contribution is 2.39. The number of carbonyl (C=O) groups excluding carboxylic acids is 2. The molecule has 37 heavy (non-hydrogen) atoms. The Kier molecular flexibility index (Phi) is 8.36. The van der Waals surface area contributed by atoms with E-state index in [1.165, 1.54) is 12.1 Å². The topological polar surface area (TPSA) is 106 Å². The smallest absolute Gasteiger partial charge is 0.262 e. The molecular formula is C26H23Cl3N4O4. The minimum Gasteiger partial charge on any atom is -0.483 e. The number of nitrogens with one attached hydrogen (secondary N) is 1. The average Bonchev–Trinajstić information content (AvgIpc) is 3.19. The molecule has 3 aromatic rings. The molecule has 11 heteroatoms. The Hall–Kier alpha value is -3.14. The summed E-state index contributed by atoms with van der Waals surface area (Å²) in [5.74, 6) is 5.53. The van der Waals surface area contributed by atoms with E-state index in [9.17, 15) is 9.59 Å². The SMILES string of the molecule is Cc1ccc(OCC(=O)Nc2cccc(C(ON)C3=NN(c4c(Cl)cc(Cl)cc4Cl)C(=O)C3)c2)c(C)c1. The van der Waals surface area contributed by atoms with Crippen molar-refractivity contribution in [3.63, 3.8) is 0 Å². The Bertz CT molecular complexity index is 1370. The Labute approximate surface area is 228 Å². The Balaban J connectivity index is 1.49. The molecule has 1 atom stereocenters. The van der Waals surface area contributed by atoms with Crippen molar-refractivity contribution in [2.24, 2.45) is 11.0 Å². The summed E-state index contributed by atoms with van der Waals surface area (Å²) >= 11 is 18.5. The first-order chi connectivity index (χ1) is 17.7. The number of rotatable bonds is 8. The van der Waals surface area contributed by atoms with Crippen LogP contribution in [0.3, 0.4) is 0 Å². The van der Waals surface area contributed by atoms with Crippen LogP contribution < -0.4 is 21.0 Å². The monoisotopic (exact) mass is 560 g/mol. The lowest BCUT2D eigenvalue weighted by molar-refractivity contribution is -0.118. The van der Waals surface area contributed by atoms with Crippen molar-refractivity contribution in [1.82, 2.24) is 0 Å². The summed E-state index contributed by atoms with van der Waals surface area (Å²) in [6.07, 6.45) is -0.931. The minimum absolute atomic E-state index is 0.0719. The predicted octanol–water partition coefficient (Wildman–Crippen LogP) is 6.01. The molecule has 0 fully saturated rings. The van der Waals surface area contributed by atoms with Gasteiger partial charge in [0.15, 0.2) is 6.61 Å². The molecule has 0 radical (unpaired) electrons. The van der Waals surface area contributed by atoms with Crippen LogP contribution in [0, 0.1) is 13.8 Å². The number of nitrogens with two attached hydrogens (primary N) is 1. The number of anilines is 2. The van der Waals surface area contributed by atoms with Gasteiger partial charge in [0.05, 0.1) is 22.2 Å². The van der Waals surface area contributed by atoms with Crippen molar-refractivity contribution in [1.29, 1.82) is 0 Å². The van der Waals surface area contributed by atoms with Gasteiger partial charge in [-0.25, -0.2) is 5.90 Å². The molecule has 0 saturated heterocycles. The summed E-state index contributed by atoms with van der Waals surface area (Å²) in [5.41, 5.74) is 3.69. The number of nitrogens with zero attached hydrogens (tertiary/aromatic N) is 2. The van der Waals surface area contributed by atoms with Crippen LogP contribution in [-0.2, 0) is 14.4 Å². The largest absolute Gasteiger partial charge is 0.483 e. The highest BCUT2D eigenvalue weighted by atomic mass is 35.5. The van der Waals surface area contributed by atoms with Gasteiger partial charge >= 0.3 is 0 Å². The average molecular weight is 562 g/mol. The molecule has 1 unspecified atom stereocenters. The standard InChI is InChI=1S/C26H23Cl3N4O4/c1-14-6-7-22(15(2)8-14)36-13-23(34)31-18-5-3-4-16(9-18)26(37-30)21-12-24(35)33(32-21)25-19(28)10-17(27)11-20(25)29/h3-11,26H,12-13,30H2,1-2H3,(H,31,34). The van der Waals surface area contributed by atoms with Gasteiger partial charge < -0.3 is 10.1 Å². The lowest BCUT2D eigenvalue weighted by Gasteiger charge is -2.17. The van der Waals surface area contributed by atoms with Crippen molar-refractivity contribution >= 4 is 63.7 Å². The number of benzene rings is 3. The number of carbonyl (C=O) groups is 2. The summed E-state index contributed by atoms with van der Waals surface area (Å²) in [6, 6.07) is 15.5. The van der Waals surface area contributed by atoms with Crippen molar-refractivity contribution < 1.29 is 19.2 Å². The van der Waals surface area contributed by atoms with Crippen LogP contribution in [0.1, 0.15) is 29.2 Å². The van der Waals surface area contributed by atoms with Gasteiger partial charge in [0.25, 0.3) is 11.8 Å². The molecule has 0 bridgehead atoms. The molecule has 1 aliphatic heterocycles. The van der Waals surface area contributed by atoms with E-state index in [-0.39, 0.29) is 40.6 Å². The molecule has 192 valence electrons. The lowest BCUT2D eigenvalue weighted by atomic mass is 10.0. The van der Waals surface area contributed by atoms with Crippen LogP contribution in [0.5, 0.6) is 5.75 Å². The summed E-state index contributed by atoms with van der Waals surface area (Å²) in [7, 11) is 0. The summed E-state index contributed by atoms with van der Waals surface area (Å²) in [4.78, 5) is 30.5. The molecule has 0 spiro atoms. The summed E-state index contributed by atoms with van der Waals surface area (Å²) < 4.78 is 5.65. The van der Waals surface area contributed by atoms with Gasteiger partial charge in [-0.2, -0.15) is 10.1 Å². The fourth-order valence-corrected chi connectivity index (χ4v) is 4.91. The third-order valence-corrected chi connectivity index (χ3v) is 6.39. The van der Waals surface area contributed by atoms with Gasteiger partial charge in [0.2, 0.25) is 0 Å². The molecule has 3 N–H and O–H groups in total. The fourth-order valence-electron chi connectivity index (χ4n) is 3.94. The number of aryl methyl sites for hydroxylation is 2. The van der Waals surface area contributed by atoms with Crippen LogP contribution in [0.2, 0.25) is 15.1 Å². The first kappa shape index (κ1) is 26.9. The number of amides is 2. The van der Waals surface area contributed by atoms with E-state index in [4.69, 9.17) is 50.3 Å². The van der Waals surface area contributed by atoms with Crippen LogP contribution in [0.15, 0.2) is 59.7 Å². The van der Waals surface area contributed by atoms with Crippen LogP contribution in [0.25, 0.3) is 0 Å². The fraction of sp³-hybridized carbons (Fsp3) is 0.192. The Morgan fingerprint density at radius 1 is 1.11 bits per heavy atom. The first-order valence-electron chi connectivity index (χ1n) is 11.2. The van der Waals surface area contributed by atoms with E-state index in [0.717, 1.165) is 16.1 Å². The van der Waals surface area contributed by atoms with Crippen molar-refractivity contribution in [3.05, 3.63) is 86.4 Å². The molecule has 0 aliphatic carbocycles. The zero-order valence-electron chi connectivity index (χ0n) is 19.9. The third kappa shape index (κ3) is 6.23. The minimum atomic E-state index is -0.859. The highest BCUT2D eigenvalue weighted by molar-refractivity contribution is 6.42. The molecule has 3 aromatic carbocycles. The first-order valence-corrected chi connectivity index (χ1v) is 12.3. The van der Waals surface area contributed by atoms with Crippen molar-refractivity contribution in [2.75, 3.05) is 16.9 Å². The quantitative estimate of drug-likeness (QED) is 0.328. The van der Waals surface area contributed by atoms with E-state index < -0.39 is 6.10 Å². The Morgan fingerprint density at radius 2 is 1.84 bits per heavy atom. The molecule has 4 rings (SSSR count).